The lowest BCUT2D eigenvalue weighted by Crippen LogP contribution is -1.82. The fraction of sp³-hybridized carbons (Fsp3) is 0. The van der Waals surface area contributed by atoms with E-state index in [4.69, 9.17) is 11.6 Å². The Morgan fingerprint density at radius 3 is 2.46 bits per heavy atom. The van der Waals surface area contributed by atoms with Crippen molar-refractivity contribution in [1.29, 1.82) is 0 Å². The Balaban J connectivity index is 2.10. The van der Waals surface area contributed by atoms with E-state index in [9.17, 15) is 18.8 Å². The molecule has 0 amide bonds. The average Bonchev–Trinajstić information content (AvgIpc) is 3.03. The first kappa shape index (κ1) is 14.6. The van der Waals surface area contributed by atoms with Crippen molar-refractivity contribution in [3.05, 3.63) is 51.9 Å². The van der Waals surface area contributed by atoms with Crippen molar-refractivity contribution < 1.29 is 13.9 Å². The second-order valence-corrected chi connectivity index (χ2v) is 5.73. The van der Waals surface area contributed by atoms with Crippen molar-refractivity contribution in [2.75, 3.05) is 0 Å². The topological polar surface area (TPSA) is 81.2 Å². The van der Waals surface area contributed by atoms with Gasteiger partial charge in [-0.15, -0.1) is 4.91 Å². The van der Waals surface area contributed by atoms with Gasteiger partial charge in [0.1, 0.15) is 5.69 Å². The Morgan fingerprint density at radius 1 is 1.00 bits per heavy atom. The molecule has 8 heteroatoms. The summed E-state index contributed by atoms with van der Waals surface area (Å²) >= 11 is 5.92. The number of hydrogen-bond acceptors (Lipinski definition) is 3. The summed E-state index contributed by atoms with van der Waals surface area (Å²) in [6.07, 6.45) is 0. The number of fused-ring (bicyclic) bond motifs is 2. The van der Waals surface area contributed by atoms with Gasteiger partial charge in [0.05, 0.1) is 22.3 Å². The van der Waals surface area contributed by atoms with Crippen LogP contribution in [0.2, 0.25) is 5.02 Å². The zero-order valence-electron chi connectivity index (χ0n) is 11.8. The van der Waals surface area contributed by atoms with Crippen LogP contribution in [-0.2, 0) is 0 Å². The summed E-state index contributed by atoms with van der Waals surface area (Å²) in [5.74, 6) is -2.36. The zero-order chi connectivity index (χ0) is 17.0. The smallest absolute Gasteiger partial charge is 0.199 e. The molecule has 2 aromatic heterocycles. The lowest BCUT2D eigenvalue weighted by Gasteiger charge is -1.98. The Labute approximate surface area is 137 Å². The van der Waals surface area contributed by atoms with E-state index in [1.807, 2.05) is 0 Å². The van der Waals surface area contributed by atoms with Crippen LogP contribution in [-0.4, -0.2) is 15.1 Å². The summed E-state index contributed by atoms with van der Waals surface area (Å²) < 4.78 is 26.9. The van der Waals surface area contributed by atoms with E-state index in [1.165, 1.54) is 0 Å². The van der Waals surface area contributed by atoms with Gasteiger partial charge in [-0.25, -0.2) is 8.78 Å². The molecular weight excluding hydrogens is 340 g/mol. The number of benzene rings is 2. The fourth-order valence-corrected chi connectivity index (χ4v) is 3.03. The van der Waals surface area contributed by atoms with Crippen LogP contribution < -0.4 is 0 Å². The number of H-pyrrole nitrogens is 2. The molecule has 0 spiro atoms. The van der Waals surface area contributed by atoms with E-state index >= 15 is 0 Å². The van der Waals surface area contributed by atoms with Gasteiger partial charge in [0.25, 0.3) is 0 Å². The van der Waals surface area contributed by atoms with Gasteiger partial charge in [-0.3, -0.25) is 0 Å². The zero-order valence-corrected chi connectivity index (χ0v) is 12.6. The minimum absolute atomic E-state index is 0.116. The van der Waals surface area contributed by atoms with Gasteiger partial charge in [-0.05, 0) is 23.4 Å². The minimum Gasteiger partial charge on any atom is -0.494 e. The van der Waals surface area contributed by atoms with Gasteiger partial charge in [0, 0.05) is 21.9 Å². The summed E-state index contributed by atoms with van der Waals surface area (Å²) in [6.45, 7) is 0. The van der Waals surface area contributed by atoms with Crippen molar-refractivity contribution in [3.63, 3.8) is 0 Å². The molecule has 0 aliphatic rings. The molecule has 0 saturated heterocycles. The molecule has 120 valence electrons. The number of aromatic nitrogens is 2. The summed E-state index contributed by atoms with van der Waals surface area (Å²) in [4.78, 5) is 16.9. The maximum absolute atomic E-state index is 13.5. The maximum Gasteiger partial charge on any atom is 0.199 e. The summed E-state index contributed by atoms with van der Waals surface area (Å²) in [7, 11) is 0. The van der Waals surface area contributed by atoms with Crippen LogP contribution in [0.1, 0.15) is 0 Å². The predicted octanol–water partition coefficient (Wildman–Crippen LogP) is 5.35. The molecule has 0 fully saturated rings. The molecule has 0 atom stereocenters. The molecule has 0 bridgehead atoms. The minimum atomic E-state index is -1.09. The first-order chi connectivity index (χ1) is 11.5. The molecule has 24 heavy (non-hydrogen) atoms. The highest BCUT2D eigenvalue weighted by Gasteiger charge is 2.22. The highest BCUT2D eigenvalue weighted by molar-refractivity contribution is 6.31. The first-order valence-electron chi connectivity index (χ1n) is 6.84. The van der Waals surface area contributed by atoms with E-state index in [0.29, 0.717) is 15.9 Å². The fourth-order valence-electron chi connectivity index (χ4n) is 2.86. The van der Waals surface area contributed by atoms with Crippen LogP contribution >= 0.6 is 11.6 Å². The Morgan fingerprint density at radius 2 is 1.71 bits per heavy atom. The molecular formula is C16H8ClF2N3O2. The number of aromatic amines is 2. The molecule has 0 aliphatic heterocycles. The van der Waals surface area contributed by atoms with Crippen LogP contribution in [0.4, 0.5) is 14.5 Å². The molecule has 0 radical (unpaired) electrons. The van der Waals surface area contributed by atoms with E-state index in [0.717, 1.165) is 12.1 Å². The Hall–Kier alpha value is -2.93. The molecule has 0 unspecified atom stereocenters. The molecule has 2 heterocycles. The third kappa shape index (κ3) is 1.98. The van der Waals surface area contributed by atoms with Crippen LogP contribution in [0.5, 0.6) is 5.88 Å². The summed E-state index contributed by atoms with van der Waals surface area (Å²) in [6, 6.07) is 6.72. The number of aromatic hydroxyl groups is 1. The van der Waals surface area contributed by atoms with Crippen molar-refractivity contribution in [3.8, 4) is 17.1 Å². The van der Waals surface area contributed by atoms with Crippen LogP contribution in [0.3, 0.4) is 0 Å². The number of rotatable bonds is 2. The van der Waals surface area contributed by atoms with Crippen LogP contribution in [0, 0.1) is 16.5 Å². The number of hydrogen-bond donors (Lipinski definition) is 3. The third-order valence-corrected chi connectivity index (χ3v) is 4.13. The largest absolute Gasteiger partial charge is 0.494 e. The third-order valence-electron chi connectivity index (χ3n) is 3.89. The number of nitrogens with zero attached hydrogens (tertiary/aromatic N) is 1. The van der Waals surface area contributed by atoms with Gasteiger partial charge in [0.2, 0.25) is 0 Å². The monoisotopic (exact) mass is 347 g/mol. The van der Waals surface area contributed by atoms with Gasteiger partial charge >= 0.3 is 0 Å². The SMILES string of the molecule is O=Nc1c(-c2c(O)[nH]c3cc(Cl)ccc23)[nH]c2cc(F)c(F)cc12. The standard InChI is InChI=1S/C16H8ClF2N3O2/c17-6-1-2-7-11(3-6)21-16(23)13(7)15-14(22-24)8-4-9(18)10(19)5-12(8)20-15/h1-5,20-21,23H. The molecule has 4 rings (SSSR count). The summed E-state index contributed by atoms with van der Waals surface area (Å²) in [5.41, 5.74) is 1.06. The first-order valence-corrected chi connectivity index (χ1v) is 7.22. The molecule has 2 aromatic carbocycles. The molecule has 4 aromatic rings. The highest BCUT2D eigenvalue weighted by Crippen LogP contribution is 2.44. The molecule has 0 saturated carbocycles. The lowest BCUT2D eigenvalue weighted by molar-refractivity contribution is 0.460. The quantitative estimate of drug-likeness (QED) is 0.427. The van der Waals surface area contributed by atoms with E-state index in [1.54, 1.807) is 18.2 Å². The van der Waals surface area contributed by atoms with Crippen molar-refractivity contribution in [2.45, 2.75) is 0 Å². The van der Waals surface area contributed by atoms with Crippen molar-refractivity contribution in [2.24, 2.45) is 5.18 Å². The maximum atomic E-state index is 13.5. The number of halogens is 3. The van der Waals surface area contributed by atoms with Gasteiger partial charge in [-0.1, -0.05) is 17.7 Å². The van der Waals surface area contributed by atoms with Gasteiger partial charge in [-0.2, -0.15) is 0 Å². The number of nitroso groups, excluding NO2 is 1. The van der Waals surface area contributed by atoms with E-state index in [-0.39, 0.29) is 33.7 Å². The van der Waals surface area contributed by atoms with Gasteiger partial charge in [0.15, 0.2) is 17.5 Å². The second-order valence-electron chi connectivity index (χ2n) is 5.29. The summed E-state index contributed by atoms with van der Waals surface area (Å²) in [5, 5.41) is 14.3. The van der Waals surface area contributed by atoms with Crippen molar-refractivity contribution >= 4 is 39.1 Å². The number of nitrogens with one attached hydrogen (secondary N) is 2. The average molecular weight is 348 g/mol. The van der Waals surface area contributed by atoms with Crippen LogP contribution in [0.25, 0.3) is 33.1 Å². The van der Waals surface area contributed by atoms with Gasteiger partial charge < -0.3 is 15.1 Å². The van der Waals surface area contributed by atoms with E-state index < -0.39 is 11.6 Å². The highest BCUT2D eigenvalue weighted by atomic mass is 35.5. The Bertz CT molecular complexity index is 1130. The second kappa shape index (κ2) is 5.04. The Kier molecular flexibility index (Phi) is 3.07. The molecule has 0 aliphatic carbocycles. The molecule has 3 N–H and O–H groups in total. The lowest BCUT2D eigenvalue weighted by atomic mass is 10.1. The van der Waals surface area contributed by atoms with Crippen molar-refractivity contribution in [1.82, 2.24) is 9.97 Å². The predicted molar refractivity (Wildman–Crippen MR) is 87.6 cm³/mol. The van der Waals surface area contributed by atoms with Crippen LogP contribution in [0.15, 0.2) is 35.5 Å². The normalized spacial score (nSPS) is 11.5. The van der Waals surface area contributed by atoms with E-state index in [2.05, 4.69) is 15.1 Å². The molecule has 5 nitrogen and oxygen atoms in total.